The zero-order chi connectivity index (χ0) is 13.1. The number of aromatic carboxylic acids is 1. The fraction of sp³-hybridized carbons (Fsp3) is 0.167. The highest BCUT2D eigenvalue weighted by molar-refractivity contribution is 7.09. The molecule has 0 aliphatic heterocycles. The van der Waals surface area contributed by atoms with Gasteiger partial charge in [0.1, 0.15) is 0 Å². The maximum atomic E-state index is 10.9. The van der Waals surface area contributed by atoms with E-state index in [0.717, 1.165) is 10.7 Å². The number of carboxylic acids is 1. The Morgan fingerprint density at radius 2 is 2.33 bits per heavy atom. The molecule has 6 heteroatoms. The molecule has 0 amide bonds. The topological polar surface area (TPSA) is 88.2 Å². The molecule has 0 fully saturated rings. The van der Waals surface area contributed by atoms with E-state index in [1.165, 1.54) is 6.07 Å². The second-order valence-electron chi connectivity index (χ2n) is 3.78. The van der Waals surface area contributed by atoms with Crippen molar-refractivity contribution in [2.45, 2.75) is 13.5 Å². The minimum absolute atomic E-state index is 0.106. The van der Waals surface area contributed by atoms with Gasteiger partial charge in [-0.1, -0.05) is 6.07 Å². The molecule has 4 N–H and O–H groups in total. The van der Waals surface area contributed by atoms with Crippen LogP contribution in [0.4, 0.5) is 11.4 Å². The van der Waals surface area contributed by atoms with Gasteiger partial charge in [0.25, 0.3) is 0 Å². The molecule has 0 unspecified atom stereocenters. The maximum absolute atomic E-state index is 10.9. The number of benzene rings is 1. The van der Waals surface area contributed by atoms with Crippen molar-refractivity contribution in [2.24, 2.45) is 0 Å². The zero-order valence-electron chi connectivity index (χ0n) is 9.80. The molecule has 2 rings (SSSR count). The van der Waals surface area contributed by atoms with E-state index in [4.69, 9.17) is 10.8 Å². The first kappa shape index (κ1) is 12.4. The van der Waals surface area contributed by atoms with Crippen LogP contribution in [-0.4, -0.2) is 16.1 Å². The summed E-state index contributed by atoms with van der Waals surface area (Å²) >= 11 is 1.58. The summed E-state index contributed by atoms with van der Waals surface area (Å²) in [4.78, 5) is 15.2. The van der Waals surface area contributed by atoms with Crippen LogP contribution in [-0.2, 0) is 6.54 Å². The molecule has 2 aromatic rings. The Morgan fingerprint density at radius 3 is 2.94 bits per heavy atom. The minimum atomic E-state index is -1.03. The second kappa shape index (κ2) is 5.05. The van der Waals surface area contributed by atoms with Gasteiger partial charge >= 0.3 is 5.97 Å². The number of nitrogens with one attached hydrogen (secondary N) is 1. The lowest BCUT2D eigenvalue weighted by Crippen LogP contribution is -2.07. The van der Waals surface area contributed by atoms with Gasteiger partial charge in [-0.25, -0.2) is 9.78 Å². The van der Waals surface area contributed by atoms with Crippen molar-refractivity contribution >= 4 is 28.7 Å². The summed E-state index contributed by atoms with van der Waals surface area (Å²) in [6.07, 6.45) is 0. The molecular weight excluding hydrogens is 250 g/mol. The lowest BCUT2D eigenvalue weighted by Gasteiger charge is -2.09. The van der Waals surface area contributed by atoms with Crippen LogP contribution in [0, 0.1) is 6.92 Å². The van der Waals surface area contributed by atoms with Crippen LogP contribution in [0.15, 0.2) is 23.6 Å². The SMILES string of the molecule is Cc1nc(CNc2cccc(C(=O)O)c2N)cs1. The van der Waals surface area contributed by atoms with Crippen LogP contribution in [0.2, 0.25) is 0 Å². The number of aromatic nitrogens is 1. The molecule has 1 heterocycles. The van der Waals surface area contributed by atoms with Crippen molar-refractivity contribution in [3.05, 3.63) is 39.8 Å². The molecule has 0 atom stereocenters. The van der Waals surface area contributed by atoms with Crippen LogP contribution >= 0.6 is 11.3 Å². The van der Waals surface area contributed by atoms with Gasteiger partial charge in [0.15, 0.2) is 0 Å². The number of carbonyl (C=O) groups is 1. The average Bonchev–Trinajstić information content (AvgIpc) is 2.73. The number of hydrogen-bond donors (Lipinski definition) is 3. The van der Waals surface area contributed by atoms with Crippen molar-refractivity contribution in [3.63, 3.8) is 0 Å². The lowest BCUT2D eigenvalue weighted by molar-refractivity contribution is 0.0698. The molecule has 0 bridgehead atoms. The fourth-order valence-corrected chi connectivity index (χ4v) is 2.19. The maximum Gasteiger partial charge on any atom is 0.337 e. The van der Waals surface area contributed by atoms with Crippen molar-refractivity contribution in [1.29, 1.82) is 0 Å². The largest absolute Gasteiger partial charge is 0.478 e. The molecule has 0 aliphatic rings. The summed E-state index contributed by atoms with van der Waals surface area (Å²) in [5.74, 6) is -1.03. The van der Waals surface area contributed by atoms with Gasteiger partial charge in [-0.2, -0.15) is 0 Å². The van der Waals surface area contributed by atoms with Crippen molar-refractivity contribution in [1.82, 2.24) is 4.98 Å². The molecule has 0 saturated carbocycles. The van der Waals surface area contributed by atoms with Crippen molar-refractivity contribution < 1.29 is 9.90 Å². The molecule has 1 aromatic heterocycles. The highest BCUT2D eigenvalue weighted by atomic mass is 32.1. The first-order valence-electron chi connectivity index (χ1n) is 5.34. The highest BCUT2D eigenvalue weighted by Crippen LogP contribution is 2.23. The van der Waals surface area contributed by atoms with E-state index in [1.54, 1.807) is 23.5 Å². The number of aryl methyl sites for hydroxylation is 1. The number of nitrogens with zero attached hydrogens (tertiary/aromatic N) is 1. The Hall–Kier alpha value is -2.08. The summed E-state index contributed by atoms with van der Waals surface area (Å²) in [5.41, 5.74) is 7.67. The first-order valence-corrected chi connectivity index (χ1v) is 6.22. The molecule has 94 valence electrons. The smallest absolute Gasteiger partial charge is 0.337 e. The van der Waals surface area contributed by atoms with Crippen LogP contribution in [0.3, 0.4) is 0 Å². The van der Waals surface area contributed by atoms with Gasteiger partial charge in [0.05, 0.1) is 34.2 Å². The van der Waals surface area contributed by atoms with Crippen LogP contribution in [0.5, 0.6) is 0 Å². The molecule has 0 saturated heterocycles. The fourth-order valence-electron chi connectivity index (χ4n) is 1.58. The Labute approximate surface area is 108 Å². The monoisotopic (exact) mass is 263 g/mol. The highest BCUT2D eigenvalue weighted by Gasteiger charge is 2.10. The lowest BCUT2D eigenvalue weighted by atomic mass is 10.1. The number of nitrogens with two attached hydrogens (primary N) is 1. The summed E-state index contributed by atoms with van der Waals surface area (Å²) in [5, 5.41) is 15.0. The average molecular weight is 263 g/mol. The third-order valence-corrected chi connectivity index (χ3v) is 3.29. The van der Waals surface area contributed by atoms with Gasteiger partial charge in [-0.05, 0) is 19.1 Å². The Balaban J connectivity index is 2.14. The van der Waals surface area contributed by atoms with E-state index >= 15 is 0 Å². The molecule has 0 aliphatic carbocycles. The van der Waals surface area contributed by atoms with E-state index in [0.29, 0.717) is 12.2 Å². The Bertz CT molecular complexity index is 580. The summed E-state index contributed by atoms with van der Waals surface area (Å²) < 4.78 is 0. The van der Waals surface area contributed by atoms with Crippen molar-refractivity contribution in [2.75, 3.05) is 11.1 Å². The molecule has 0 spiro atoms. The number of rotatable bonds is 4. The predicted octanol–water partition coefficient (Wildman–Crippen LogP) is 2.34. The van der Waals surface area contributed by atoms with E-state index in [9.17, 15) is 4.79 Å². The number of anilines is 2. The first-order chi connectivity index (χ1) is 8.58. The standard InChI is InChI=1S/C12H13N3O2S/c1-7-15-8(6-18-7)5-14-10-4-2-3-9(11(10)13)12(16)17/h2-4,6,14H,5,13H2,1H3,(H,16,17). The van der Waals surface area contributed by atoms with Crippen LogP contribution < -0.4 is 11.1 Å². The van der Waals surface area contributed by atoms with Crippen LogP contribution in [0.1, 0.15) is 21.1 Å². The molecular formula is C12H13N3O2S. The minimum Gasteiger partial charge on any atom is -0.478 e. The van der Waals surface area contributed by atoms with Gasteiger partial charge in [0, 0.05) is 5.38 Å². The Morgan fingerprint density at radius 1 is 1.56 bits per heavy atom. The number of nitrogen functional groups attached to an aromatic ring is 1. The molecule has 5 nitrogen and oxygen atoms in total. The number of carboxylic acid groups (broad SMARTS) is 1. The number of thiazole rings is 1. The number of para-hydroxylation sites is 1. The predicted molar refractivity (Wildman–Crippen MR) is 72.0 cm³/mol. The van der Waals surface area contributed by atoms with E-state index in [-0.39, 0.29) is 11.3 Å². The van der Waals surface area contributed by atoms with Gasteiger partial charge in [-0.3, -0.25) is 0 Å². The van der Waals surface area contributed by atoms with Crippen molar-refractivity contribution in [3.8, 4) is 0 Å². The second-order valence-corrected chi connectivity index (χ2v) is 4.85. The van der Waals surface area contributed by atoms with Crippen LogP contribution in [0.25, 0.3) is 0 Å². The normalized spacial score (nSPS) is 10.3. The van der Waals surface area contributed by atoms with Gasteiger partial charge in [0.2, 0.25) is 0 Å². The third-order valence-electron chi connectivity index (χ3n) is 2.46. The third kappa shape index (κ3) is 2.60. The molecule has 18 heavy (non-hydrogen) atoms. The molecule has 0 radical (unpaired) electrons. The zero-order valence-corrected chi connectivity index (χ0v) is 10.6. The molecule has 1 aromatic carbocycles. The quantitative estimate of drug-likeness (QED) is 0.737. The summed E-state index contributed by atoms with van der Waals surface area (Å²) in [6, 6.07) is 4.89. The number of hydrogen-bond acceptors (Lipinski definition) is 5. The van der Waals surface area contributed by atoms with E-state index < -0.39 is 5.97 Å². The van der Waals surface area contributed by atoms with Gasteiger partial charge in [-0.15, -0.1) is 11.3 Å². The summed E-state index contributed by atoms with van der Waals surface area (Å²) in [6.45, 7) is 2.46. The van der Waals surface area contributed by atoms with E-state index in [1.807, 2.05) is 12.3 Å². The van der Waals surface area contributed by atoms with Gasteiger partial charge < -0.3 is 16.2 Å². The Kier molecular flexibility index (Phi) is 3.47. The van der Waals surface area contributed by atoms with E-state index in [2.05, 4.69) is 10.3 Å². The summed E-state index contributed by atoms with van der Waals surface area (Å²) in [7, 11) is 0.